The minimum absolute atomic E-state index is 0.240. The van der Waals surface area contributed by atoms with E-state index in [0.29, 0.717) is 0 Å². The lowest BCUT2D eigenvalue weighted by Gasteiger charge is -2.09. The third-order valence-corrected chi connectivity index (χ3v) is 11.0. The Kier molecular flexibility index (Phi) is 6.58. The number of hydrogen-bond acceptors (Lipinski definition) is 4. The molecule has 6 heteroatoms. The van der Waals surface area contributed by atoms with Gasteiger partial charge < -0.3 is 9.67 Å². The molecule has 0 radical (unpaired) electrons. The molecule has 1 N–H and O–H groups in total. The van der Waals surface area contributed by atoms with Gasteiger partial charge in [0, 0.05) is 42.4 Å². The molecule has 0 aliphatic carbocycles. The highest BCUT2D eigenvalue weighted by Crippen LogP contribution is 2.47. The number of carbonyl (C=O) groups is 1. The zero-order valence-corrected chi connectivity index (χ0v) is 24.4. The second-order valence-electron chi connectivity index (χ2n) is 10.3. The quantitative estimate of drug-likeness (QED) is 0.221. The molecule has 0 aliphatic heterocycles. The van der Waals surface area contributed by atoms with Crippen molar-refractivity contribution >= 4 is 50.4 Å². The van der Waals surface area contributed by atoms with Crippen LogP contribution in [0.3, 0.4) is 0 Å². The summed E-state index contributed by atoms with van der Waals surface area (Å²) in [5, 5.41) is 21.2. The molecule has 0 bridgehead atoms. The molecule has 198 valence electrons. The van der Waals surface area contributed by atoms with E-state index >= 15 is 0 Å². The van der Waals surface area contributed by atoms with Gasteiger partial charge in [-0.05, 0) is 79.8 Å². The van der Waals surface area contributed by atoms with Crippen LogP contribution in [0.5, 0.6) is 0 Å². The average Bonchev–Trinajstić information content (AvgIpc) is 3.56. The molecule has 4 nitrogen and oxygen atoms in total. The van der Waals surface area contributed by atoms with Crippen molar-refractivity contribution in [2.24, 2.45) is 5.92 Å². The highest BCUT2D eigenvalue weighted by atomic mass is 32.1. The van der Waals surface area contributed by atoms with Gasteiger partial charge in [0.1, 0.15) is 5.92 Å². The SMILES string of the molecule is Cc1c(CC(C#N)C(=O)O)sc(-c2sc(-c3ccc(-n4c5ccccc5c5ccccc54)cc3)c(C)c2C)c1C. The maximum atomic E-state index is 11.5. The Morgan fingerprint density at radius 3 is 1.88 bits per heavy atom. The molecule has 0 fully saturated rings. The molecule has 6 aromatic rings. The predicted molar refractivity (Wildman–Crippen MR) is 167 cm³/mol. The maximum absolute atomic E-state index is 11.5. The Morgan fingerprint density at radius 2 is 1.30 bits per heavy atom. The predicted octanol–water partition coefficient (Wildman–Crippen LogP) is 9.24. The summed E-state index contributed by atoms with van der Waals surface area (Å²) < 4.78 is 2.33. The number of benzene rings is 3. The summed E-state index contributed by atoms with van der Waals surface area (Å²) in [7, 11) is 0. The molecule has 40 heavy (non-hydrogen) atoms. The number of aromatic nitrogens is 1. The Morgan fingerprint density at radius 1 is 0.775 bits per heavy atom. The van der Waals surface area contributed by atoms with Crippen LogP contribution in [0.4, 0.5) is 0 Å². The van der Waals surface area contributed by atoms with E-state index in [0.717, 1.165) is 16.1 Å². The highest BCUT2D eigenvalue weighted by Gasteiger charge is 2.24. The zero-order chi connectivity index (χ0) is 28.1. The smallest absolute Gasteiger partial charge is 0.321 e. The Bertz CT molecular complexity index is 1910. The number of nitriles is 1. The van der Waals surface area contributed by atoms with Gasteiger partial charge in [-0.2, -0.15) is 5.26 Å². The number of para-hydroxylation sites is 2. The Balaban J connectivity index is 1.39. The zero-order valence-electron chi connectivity index (χ0n) is 22.8. The van der Waals surface area contributed by atoms with Gasteiger partial charge in [0.15, 0.2) is 0 Å². The van der Waals surface area contributed by atoms with Gasteiger partial charge in [-0.15, -0.1) is 22.7 Å². The molecule has 6 rings (SSSR count). The average molecular weight is 561 g/mol. The maximum Gasteiger partial charge on any atom is 0.321 e. The van der Waals surface area contributed by atoms with Gasteiger partial charge >= 0.3 is 5.97 Å². The van der Waals surface area contributed by atoms with E-state index < -0.39 is 11.9 Å². The number of carboxylic acid groups (broad SMARTS) is 1. The van der Waals surface area contributed by atoms with Crippen LogP contribution < -0.4 is 0 Å². The van der Waals surface area contributed by atoms with E-state index in [2.05, 4.69) is 98.1 Å². The molecule has 0 saturated carbocycles. The highest BCUT2D eigenvalue weighted by molar-refractivity contribution is 7.24. The van der Waals surface area contributed by atoms with Crippen LogP contribution in [0.15, 0.2) is 72.8 Å². The molecular formula is C34H28N2O2S2. The second-order valence-corrected chi connectivity index (χ2v) is 12.4. The molecular weight excluding hydrogens is 533 g/mol. The van der Waals surface area contributed by atoms with Gasteiger partial charge in [0.05, 0.1) is 17.1 Å². The molecule has 0 spiro atoms. The molecule has 1 unspecified atom stereocenters. The normalized spacial score (nSPS) is 12.2. The van der Waals surface area contributed by atoms with Crippen molar-refractivity contribution < 1.29 is 9.90 Å². The number of thiophene rings is 2. The summed E-state index contributed by atoms with van der Waals surface area (Å²) in [6.45, 7) is 8.48. The lowest BCUT2D eigenvalue weighted by atomic mass is 10.0. The molecule has 0 aliphatic rings. The van der Waals surface area contributed by atoms with Crippen LogP contribution in [0.25, 0.3) is 47.7 Å². The molecule has 3 heterocycles. The van der Waals surface area contributed by atoms with Gasteiger partial charge in [-0.1, -0.05) is 48.5 Å². The minimum Gasteiger partial charge on any atom is -0.480 e. The van der Waals surface area contributed by atoms with Gasteiger partial charge in [0.25, 0.3) is 0 Å². The minimum atomic E-state index is -1.07. The van der Waals surface area contributed by atoms with Crippen molar-refractivity contribution in [2.75, 3.05) is 0 Å². The van der Waals surface area contributed by atoms with Crippen LogP contribution in [-0.2, 0) is 11.2 Å². The second kappa shape index (κ2) is 10.1. The van der Waals surface area contributed by atoms with Crippen molar-refractivity contribution in [3.63, 3.8) is 0 Å². The molecule has 0 amide bonds. The first-order valence-corrected chi connectivity index (χ1v) is 14.8. The van der Waals surface area contributed by atoms with E-state index in [4.69, 9.17) is 0 Å². The fourth-order valence-corrected chi connectivity index (χ4v) is 8.41. The van der Waals surface area contributed by atoms with Crippen LogP contribution in [0, 0.1) is 44.9 Å². The third-order valence-electron chi connectivity index (χ3n) is 8.01. The fourth-order valence-electron chi connectivity index (χ4n) is 5.49. The van der Waals surface area contributed by atoms with Crippen molar-refractivity contribution in [1.82, 2.24) is 4.57 Å². The van der Waals surface area contributed by atoms with E-state index in [1.165, 1.54) is 58.7 Å². The summed E-state index contributed by atoms with van der Waals surface area (Å²) in [5.74, 6) is -2.09. The van der Waals surface area contributed by atoms with E-state index in [1.807, 2.05) is 13.0 Å². The Labute approximate surface area is 241 Å². The first-order chi connectivity index (χ1) is 19.3. The number of hydrogen-bond donors (Lipinski definition) is 1. The van der Waals surface area contributed by atoms with Gasteiger partial charge in [-0.3, -0.25) is 4.79 Å². The van der Waals surface area contributed by atoms with Crippen LogP contribution in [0.2, 0.25) is 0 Å². The van der Waals surface area contributed by atoms with Crippen molar-refractivity contribution in [2.45, 2.75) is 34.1 Å². The van der Waals surface area contributed by atoms with Crippen LogP contribution >= 0.6 is 22.7 Å². The van der Waals surface area contributed by atoms with Gasteiger partial charge in [-0.25, -0.2) is 0 Å². The van der Waals surface area contributed by atoms with Crippen molar-refractivity contribution in [3.8, 4) is 32.0 Å². The molecule has 1 atom stereocenters. The number of fused-ring (bicyclic) bond motifs is 3. The summed E-state index contributed by atoms with van der Waals surface area (Å²) in [5.41, 5.74) is 9.47. The topological polar surface area (TPSA) is 66.0 Å². The summed E-state index contributed by atoms with van der Waals surface area (Å²) in [6, 6.07) is 27.9. The van der Waals surface area contributed by atoms with E-state index in [9.17, 15) is 15.2 Å². The number of rotatable bonds is 6. The fraction of sp³-hybridized carbons (Fsp3) is 0.176. The standard InChI is InChI=1S/C34H28N2O2S2/c1-19-20(2)32(39-30(19)17-24(18-35)34(37)38)33-22(4)21(3)31(40-33)23-13-15-25(16-14-23)36-28-11-7-5-9-26(28)27-10-6-8-12-29(27)36/h5-16,24H,17H2,1-4H3,(H,37,38). The molecule has 3 aromatic carbocycles. The molecule has 0 saturated heterocycles. The van der Waals surface area contributed by atoms with E-state index in [1.54, 1.807) is 22.7 Å². The Hall–Kier alpha value is -4.18. The van der Waals surface area contributed by atoms with Gasteiger partial charge in [0.2, 0.25) is 0 Å². The number of nitrogens with zero attached hydrogens (tertiary/aromatic N) is 2. The largest absolute Gasteiger partial charge is 0.480 e. The lowest BCUT2D eigenvalue weighted by Crippen LogP contribution is -2.13. The van der Waals surface area contributed by atoms with Crippen molar-refractivity contribution in [1.29, 1.82) is 5.26 Å². The van der Waals surface area contributed by atoms with E-state index in [-0.39, 0.29) is 6.42 Å². The first-order valence-electron chi connectivity index (χ1n) is 13.2. The number of aliphatic carboxylic acids is 1. The van der Waals surface area contributed by atoms with Crippen molar-refractivity contribution in [3.05, 3.63) is 99.9 Å². The van der Waals surface area contributed by atoms with Crippen LogP contribution in [0.1, 0.15) is 27.1 Å². The lowest BCUT2D eigenvalue weighted by molar-refractivity contribution is -0.139. The number of carboxylic acids is 1. The summed E-state index contributed by atoms with van der Waals surface area (Å²) >= 11 is 3.42. The first kappa shape index (κ1) is 26.1. The monoisotopic (exact) mass is 560 g/mol. The third kappa shape index (κ3) is 4.14. The summed E-state index contributed by atoms with van der Waals surface area (Å²) in [4.78, 5) is 16.1. The van der Waals surface area contributed by atoms with Crippen LogP contribution in [-0.4, -0.2) is 15.6 Å². The summed E-state index contributed by atoms with van der Waals surface area (Å²) in [6.07, 6.45) is 0.240. The molecule has 3 aromatic heterocycles.